The number of hydrogen-bond donors (Lipinski definition) is 1. The molecular weight excluding hydrogens is 376 g/mol. The number of rotatable bonds is 2. The average molecular weight is 393 g/mol. The number of alkyl halides is 1. The Hall–Kier alpha value is -1.73. The monoisotopic (exact) mass is 392 g/mol. The van der Waals surface area contributed by atoms with Crippen LogP contribution in [0.1, 0.15) is 17.4 Å². The fourth-order valence-corrected chi connectivity index (χ4v) is 4.40. The van der Waals surface area contributed by atoms with Crippen molar-refractivity contribution in [3.05, 3.63) is 40.3 Å². The minimum Gasteiger partial charge on any atom is -0.369 e. The summed E-state index contributed by atoms with van der Waals surface area (Å²) in [5, 5.41) is 2.06. The van der Waals surface area contributed by atoms with Crippen LogP contribution >= 0.6 is 27.3 Å². The van der Waals surface area contributed by atoms with Gasteiger partial charge in [0.25, 0.3) is 0 Å². The van der Waals surface area contributed by atoms with E-state index >= 15 is 0 Å². The normalized spacial score (nSPS) is 24.7. The SMILES string of the molecule is Cc1cncc(-c2csc([C@@]3(C)N=C(N)N(C)C(=O)[C@@H]3Br)c2)c1. The number of amides is 1. The topological polar surface area (TPSA) is 71.6 Å². The van der Waals surface area contributed by atoms with Gasteiger partial charge in [-0.15, -0.1) is 11.3 Å². The van der Waals surface area contributed by atoms with Crippen LogP contribution in [0.4, 0.5) is 0 Å². The molecule has 0 aromatic carbocycles. The molecule has 0 fully saturated rings. The fourth-order valence-electron chi connectivity index (χ4n) is 2.54. The van der Waals surface area contributed by atoms with E-state index in [0.29, 0.717) is 0 Å². The highest BCUT2D eigenvalue weighted by atomic mass is 79.9. The number of hydrogen-bond acceptors (Lipinski definition) is 5. The standard InChI is InChI=1S/C16H17BrN4OS/c1-9-4-10(7-19-6-9)11-5-12(23-8-11)16(2)13(17)14(22)21(3)15(18)20-16/h4-8,13H,1-3H3,(H2,18,20)/t13-,16+/m0/s1. The van der Waals surface area contributed by atoms with Crippen molar-refractivity contribution in [1.29, 1.82) is 0 Å². The quantitative estimate of drug-likeness (QED) is 0.798. The highest BCUT2D eigenvalue weighted by molar-refractivity contribution is 9.10. The van der Waals surface area contributed by atoms with E-state index in [4.69, 9.17) is 5.73 Å². The summed E-state index contributed by atoms with van der Waals surface area (Å²) < 4.78 is 0. The first-order valence-corrected chi connectivity index (χ1v) is 8.90. The molecule has 2 atom stereocenters. The number of nitrogens with zero attached hydrogens (tertiary/aromatic N) is 3. The Morgan fingerprint density at radius 3 is 2.78 bits per heavy atom. The first kappa shape index (κ1) is 16.1. The second-order valence-corrected chi connectivity index (χ2v) is 7.65. The number of guanidine groups is 1. The minimum absolute atomic E-state index is 0.0906. The Kier molecular flexibility index (Phi) is 4.01. The van der Waals surface area contributed by atoms with Gasteiger partial charge in [0.15, 0.2) is 5.96 Å². The number of nitrogens with two attached hydrogens (primary N) is 1. The zero-order valence-corrected chi connectivity index (χ0v) is 15.5. The van der Waals surface area contributed by atoms with Gasteiger partial charge in [-0.2, -0.15) is 0 Å². The molecule has 1 amide bonds. The van der Waals surface area contributed by atoms with Gasteiger partial charge in [-0.1, -0.05) is 15.9 Å². The summed E-state index contributed by atoms with van der Waals surface area (Å²) in [5.74, 6) is 0.146. The first-order chi connectivity index (χ1) is 10.8. The van der Waals surface area contributed by atoms with Crippen molar-refractivity contribution in [2.75, 3.05) is 7.05 Å². The molecule has 5 nitrogen and oxygen atoms in total. The molecule has 3 heterocycles. The van der Waals surface area contributed by atoms with Gasteiger partial charge >= 0.3 is 0 Å². The van der Waals surface area contributed by atoms with Crippen LogP contribution in [-0.2, 0) is 10.3 Å². The van der Waals surface area contributed by atoms with Crippen LogP contribution in [-0.4, -0.2) is 33.6 Å². The molecule has 0 bridgehead atoms. The molecule has 0 aliphatic carbocycles. The van der Waals surface area contributed by atoms with Gasteiger partial charge in [-0.3, -0.25) is 14.7 Å². The van der Waals surface area contributed by atoms with E-state index in [0.717, 1.165) is 21.6 Å². The Balaban J connectivity index is 2.04. The summed E-state index contributed by atoms with van der Waals surface area (Å²) in [7, 11) is 1.63. The first-order valence-electron chi connectivity index (χ1n) is 7.11. The molecule has 2 aromatic rings. The van der Waals surface area contributed by atoms with E-state index < -0.39 is 10.4 Å². The number of aryl methyl sites for hydroxylation is 1. The molecular formula is C16H17BrN4OS. The van der Waals surface area contributed by atoms with Gasteiger partial charge in [0.1, 0.15) is 10.4 Å². The van der Waals surface area contributed by atoms with Gasteiger partial charge in [-0.05, 0) is 42.5 Å². The molecule has 2 N–H and O–H groups in total. The van der Waals surface area contributed by atoms with E-state index in [-0.39, 0.29) is 11.9 Å². The van der Waals surface area contributed by atoms with E-state index in [1.165, 1.54) is 4.90 Å². The summed E-state index contributed by atoms with van der Waals surface area (Å²) in [6.07, 6.45) is 3.66. The van der Waals surface area contributed by atoms with Crippen LogP contribution < -0.4 is 5.73 Å². The third-order valence-electron chi connectivity index (χ3n) is 4.04. The Morgan fingerprint density at radius 1 is 1.35 bits per heavy atom. The summed E-state index contributed by atoms with van der Waals surface area (Å²) in [6.45, 7) is 3.94. The maximum Gasteiger partial charge on any atom is 0.245 e. The van der Waals surface area contributed by atoms with Crippen molar-refractivity contribution >= 4 is 39.1 Å². The molecule has 3 rings (SSSR count). The second-order valence-electron chi connectivity index (χ2n) is 5.83. The van der Waals surface area contributed by atoms with Crippen molar-refractivity contribution in [2.24, 2.45) is 10.7 Å². The number of aromatic nitrogens is 1. The largest absolute Gasteiger partial charge is 0.369 e. The number of aliphatic imine (C=N–C) groups is 1. The van der Waals surface area contributed by atoms with Crippen LogP contribution in [0.25, 0.3) is 11.1 Å². The third kappa shape index (κ3) is 2.68. The van der Waals surface area contributed by atoms with Gasteiger partial charge in [-0.25, -0.2) is 4.99 Å². The van der Waals surface area contributed by atoms with Gasteiger partial charge in [0, 0.05) is 29.9 Å². The lowest BCUT2D eigenvalue weighted by Crippen LogP contribution is -2.54. The number of carbonyl (C=O) groups excluding carboxylic acids is 1. The van der Waals surface area contributed by atoms with Crippen LogP contribution in [0.5, 0.6) is 0 Å². The van der Waals surface area contributed by atoms with Gasteiger partial charge < -0.3 is 5.73 Å². The fraction of sp³-hybridized carbons (Fsp3) is 0.312. The third-order valence-corrected chi connectivity index (χ3v) is 6.48. The lowest BCUT2D eigenvalue weighted by atomic mass is 9.93. The van der Waals surface area contributed by atoms with E-state index in [1.807, 2.05) is 26.2 Å². The van der Waals surface area contributed by atoms with Crippen LogP contribution in [0.3, 0.4) is 0 Å². The lowest BCUT2D eigenvalue weighted by molar-refractivity contribution is -0.127. The van der Waals surface area contributed by atoms with Gasteiger partial charge in [0.05, 0.1) is 0 Å². The molecule has 23 heavy (non-hydrogen) atoms. The Labute approximate surface area is 147 Å². The lowest BCUT2D eigenvalue weighted by Gasteiger charge is -2.36. The molecule has 1 aliphatic rings. The predicted molar refractivity (Wildman–Crippen MR) is 96.7 cm³/mol. The summed E-state index contributed by atoms with van der Waals surface area (Å²) >= 11 is 5.07. The summed E-state index contributed by atoms with van der Waals surface area (Å²) in [5.41, 5.74) is 8.43. The zero-order valence-electron chi connectivity index (χ0n) is 13.1. The maximum absolute atomic E-state index is 12.4. The van der Waals surface area contributed by atoms with Crippen molar-refractivity contribution in [3.63, 3.8) is 0 Å². The maximum atomic E-state index is 12.4. The molecule has 0 saturated heterocycles. The van der Waals surface area contributed by atoms with Crippen LogP contribution in [0, 0.1) is 6.92 Å². The average Bonchev–Trinajstić information content (AvgIpc) is 3.02. The smallest absolute Gasteiger partial charge is 0.245 e. The van der Waals surface area contributed by atoms with Crippen molar-refractivity contribution in [3.8, 4) is 11.1 Å². The molecule has 0 radical (unpaired) electrons. The van der Waals surface area contributed by atoms with E-state index in [1.54, 1.807) is 18.4 Å². The van der Waals surface area contributed by atoms with Crippen LogP contribution in [0.2, 0.25) is 0 Å². The highest BCUT2D eigenvalue weighted by Gasteiger charge is 2.45. The molecule has 0 spiro atoms. The number of thiophene rings is 1. The molecule has 0 saturated carbocycles. The summed E-state index contributed by atoms with van der Waals surface area (Å²) in [6, 6.07) is 4.15. The van der Waals surface area contributed by atoms with Crippen LogP contribution in [0.15, 0.2) is 34.9 Å². The molecule has 2 aromatic heterocycles. The Bertz CT molecular complexity index is 803. The second kappa shape index (κ2) is 5.72. The van der Waals surface area contributed by atoms with E-state index in [2.05, 4.69) is 43.4 Å². The molecule has 7 heteroatoms. The number of carbonyl (C=O) groups is 1. The molecule has 0 unspecified atom stereocenters. The number of pyridine rings is 1. The minimum atomic E-state index is -0.714. The number of halogens is 1. The zero-order chi connectivity index (χ0) is 16.8. The van der Waals surface area contributed by atoms with Crippen molar-refractivity contribution in [1.82, 2.24) is 9.88 Å². The highest BCUT2D eigenvalue weighted by Crippen LogP contribution is 2.42. The molecule has 1 aliphatic heterocycles. The predicted octanol–water partition coefficient (Wildman–Crippen LogP) is 2.88. The molecule has 120 valence electrons. The van der Waals surface area contributed by atoms with Gasteiger partial charge in [0.2, 0.25) is 5.91 Å². The van der Waals surface area contributed by atoms with Crippen molar-refractivity contribution in [2.45, 2.75) is 24.2 Å². The Morgan fingerprint density at radius 2 is 2.09 bits per heavy atom. The van der Waals surface area contributed by atoms with E-state index in [9.17, 15) is 4.79 Å². The summed E-state index contributed by atoms with van der Waals surface area (Å²) in [4.78, 5) is 23.1. The van der Waals surface area contributed by atoms with Crippen molar-refractivity contribution < 1.29 is 4.79 Å².